The third-order valence-electron chi connectivity index (χ3n) is 6.75. The van der Waals surface area contributed by atoms with Crippen LogP contribution in [-0.2, 0) is 16.2 Å². The molecule has 2 fully saturated rings. The summed E-state index contributed by atoms with van der Waals surface area (Å²) in [4.78, 5) is 19.1. The number of benzene rings is 1. The first kappa shape index (κ1) is 24.5. The first-order valence-electron chi connectivity index (χ1n) is 11.2. The van der Waals surface area contributed by atoms with Crippen LogP contribution in [0.15, 0.2) is 41.4 Å². The average Bonchev–Trinajstić information content (AvgIpc) is 3.12. The number of carbonyl (C=O) groups excluding carboxylic acids is 1. The molecule has 1 saturated heterocycles. The summed E-state index contributed by atoms with van der Waals surface area (Å²) in [6, 6.07) is 6.13. The number of primary sulfonamides is 1. The van der Waals surface area contributed by atoms with Crippen LogP contribution in [0.5, 0.6) is 0 Å². The molecule has 7 nitrogen and oxygen atoms in total. The van der Waals surface area contributed by atoms with Gasteiger partial charge in [-0.05, 0) is 61.8 Å². The number of sulfonamides is 1. The molecule has 2 aliphatic rings. The molecular formula is C23H27F3N4O3S. The van der Waals surface area contributed by atoms with Gasteiger partial charge in [0.15, 0.2) is 0 Å². The molecular weight excluding hydrogens is 469 g/mol. The SMILES string of the molecule is CCC1CC2CCC(C2)CN1c1ncc(C(F)(F)F)cc1C(=O)Nc1cccc(S(N)(=O)=O)c1. The third kappa shape index (κ3) is 5.20. The van der Waals surface area contributed by atoms with Gasteiger partial charge < -0.3 is 10.2 Å². The van der Waals surface area contributed by atoms with E-state index in [1.807, 2.05) is 11.8 Å². The van der Waals surface area contributed by atoms with Crippen molar-refractivity contribution in [3.63, 3.8) is 0 Å². The minimum absolute atomic E-state index is 0.0665. The molecule has 1 aromatic heterocycles. The normalized spacial score (nSPS) is 23.0. The molecule has 2 bridgehead atoms. The topological polar surface area (TPSA) is 105 Å². The summed E-state index contributed by atoms with van der Waals surface area (Å²) in [6.45, 7) is 2.66. The molecule has 2 aromatic rings. The number of hydrogen-bond acceptors (Lipinski definition) is 5. The smallest absolute Gasteiger partial charge is 0.353 e. The summed E-state index contributed by atoms with van der Waals surface area (Å²) < 4.78 is 63.7. The number of alkyl halides is 3. The minimum Gasteiger partial charge on any atom is -0.353 e. The summed E-state index contributed by atoms with van der Waals surface area (Å²) in [5.74, 6) is 0.401. The van der Waals surface area contributed by atoms with E-state index in [1.165, 1.54) is 18.2 Å². The van der Waals surface area contributed by atoms with Gasteiger partial charge in [0.1, 0.15) is 5.82 Å². The lowest BCUT2D eigenvalue weighted by atomic mass is 9.96. The Kier molecular flexibility index (Phi) is 6.61. The molecule has 1 amide bonds. The van der Waals surface area contributed by atoms with Crippen molar-refractivity contribution in [1.29, 1.82) is 0 Å². The first-order valence-corrected chi connectivity index (χ1v) is 12.8. The summed E-state index contributed by atoms with van der Waals surface area (Å²) in [7, 11) is -4.02. The van der Waals surface area contributed by atoms with Crippen LogP contribution in [0.1, 0.15) is 54.9 Å². The molecule has 34 heavy (non-hydrogen) atoms. The fourth-order valence-electron chi connectivity index (χ4n) is 5.10. The van der Waals surface area contributed by atoms with Crippen molar-refractivity contribution in [1.82, 2.24) is 4.98 Å². The molecule has 0 spiro atoms. The highest BCUT2D eigenvalue weighted by atomic mass is 32.2. The van der Waals surface area contributed by atoms with Gasteiger partial charge in [-0.1, -0.05) is 19.4 Å². The molecule has 184 valence electrons. The van der Waals surface area contributed by atoms with Gasteiger partial charge in [0.2, 0.25) is 10.0 Å². The highest BCUT2D eigenvalue weighted by Gasteiger charge is 2.38. The third-order valence-corrected chi connectivity index (χ3v) is 7.66. The van der Waals surface area contributed by atoms with Crippen LogP contribution < -0.4 is 15.4 Å². The van der Waals surface area contributed by atoms with Gasteiger partial charge in [-0.25, -0.2) is 18.5 Å². The summed E-state index contributed by atoms with van der Waals surface area (Å²) in [6.07, 6.45) is 1.08. The zero-order valence-corrected chi connectivity index (χ0v) is 19.5. The lowest BCUT2D eigenvalue weighted by molar-refractivity contribution is -0.137. The van der Waals surface area contributed by atoms with Crippen LogP contribution in [0.25, 0.3) is 0 Å². The molecule has 1 aliphatic carbocycles. The van der Waals surface area contributed by atoms with Gasteiger partial charge in [-0.2, -0.15) is 13.2 Å². The van der Waals surface area contributed by atoms with Gasteiger partial charge in [0.05, 0.1) is 16.0 Å². The number of rotatable bonds is 5. The molecule has 3 N–H and O–H groups in total. The second kappa shape index (κ2) is 9.18. The average molecular weight is 497 g/mol. The number of nitrogens with one attached hydrogen (secondary N) is 1. The number of aromatic nitrogens is 1. The van der Waals surface area contributed by atoms with Gasteiger partial charge >= 0.3 is 6.18 Å². The number of amides is 1. The lowest BCUT2D eigenvalue weighted by Crippen LogP contribution is -2.40. The maximum atomic E-state index is 13.5. The fourth-order valence-corrected chi connectivity index (χ4v) is 5.66. The van der Waals surface area contributed by atoms with Crippen molar-refractivity contribution in [2.75, 3.05) is 16.8 Å². The number of nitrogens with two attached hydrogens (primary N) is 1. The molecule has 1 aliphatic heterocycles. The number of hydrogen-bond donors (Lipinski definition) is 2. The van der Waals surface area contributed by atoms with Crippen molar-refractivity contribution in [3.8, 4) is 0 Å². The van der Waals surface area contributed by atoms with Crippen molar-refractivity contribution >= 4 is 27.4 Å². The summed E-state index contributed by atoms with van der Waals surface area (Å²) >= 11 is 0. The molecule has 1 saturated carbocycles. The number of anilines is 2. The van der Waals surface area contributed by atoms with E-state index in [0.29, 0.717) is 18.4 Å². The molecule has 0 radical (unpaired) electrons. The van der Waals surface area contributed by atoms with Crippen LogP contribution in [-0.4, -0.2) is 31.9 Å². The number of carbonyl (C=O) groups is 1. The zero-order chi connectivity index (χ0) is 24.7. The second-order valence-electron chi connectivity index (χ2n) is 9.12. The van der Waals surface area contributed by atoms with Crippen molar-refractivity contribution in [2.45, 2.75) is 56.1 Å². The van der Waals surface area contributed by atoms with Crippen molar-refractivity contribution in [3.05, 3.63) is 47.7 Å². The fraction of sp³-hybridized carbons (Fsp3) is 0.478. The Hall–Kier alpha value is -2.66. The Labute approximate surface area is 196 Å². The van der Waals surface area contributed by atoms with Crippen LogP contribution in [0.2, 0.25) is 0 Å². The second-order valence-corrected chi connectivity index (χ2v) is 10.7. The summed E-state index contributed by atoms with van der Waals surface area (Å²) in [5, 5.41) is 7.67. The van der Waals surface area contributed by atoms with Crippen LogP contribution >= 0.6 is 0 Å². The van der Waals surface area contributed by atoms with Gasteiger partial charge in [0.25, 0.3) is 5.91 Å². The molecule has 11 heteroatoms. The quantitative estimate of drug-likeness (QED) is 0.638. The highest BCUT2D eigenvalue weighted by Crippen LogP contribution is 2.42. The number of halogens is 3. The Morgan fingerprint density at radius 1 is 1.21 bits per heavy atom. The Bertz CT molecular complexity index is 1190. The largest absolute Gasteiger partial charge is 0.417 e. The molecule has 3 unspecified atom stereocenters. The van der Waals surface area contributed by atoms with E-state index in [-0.39, 0.29) is 28.0 Å². The lowest BCUT2D eigenvalue weighted by Gasteiger charge is -2.35. The monoisotopic (exact) mass is 496 g/mol. The standard InChI is InChI=1S/C23H27F3N4O3S/c1-2-18-9-14-6-7-15(8-14)13-30(18)21-20(10-16(12-28-21)23(24,25)26)22(31)29-17-4-3-5-19(11-17)34(27,32)33/h3-5,10-12,14-15,18H,2,6-9,13H2,1H3,(H,29,31)(H2,27,32,33). The maximum absolute atomic E-state index is 13.5. The van der Waals surface area contributed by atoms with E-state index < -0.39 is 27.7 Å². The van der Waals surface area contributed by atoms with Crippen molar-refractivity contribution in [2.24, 2.45) is 17.0 Å². The first-order chi connectivity index (χ1) is 16.0. The predicted octanol–water partition coefficient (Wildman–Crippen LogP) is 4.41. The number of nitrogens with zero attached hydrogens (tertiary/aromatic N) is 2. The van der Waals surface area contributed by atoms with Gasteiger partial charge in [0, 0.05) is 24.5 Å². The molecule has 1 aromatic carbocycles. The van der Waals surface area contributed by atoms with Gasteiger partial charge in [-0.3, -0.25) is 4.79 Å². The highest BCUT2D eigenvalue weighted by molar-refractivity contribution is 7.89. The van der Waals surface area contributed by atoms with Crippen LogP contribution in [0.3, 0.4) is 0 Å². The number of pyridine rings is 1. The van der Waals surface area contributed by atoms with Crippen LogP contribution in [0.4, 0.5) is 24.7 Å². The molecule has 3 atom stereocenters. The van der Waals surface area contributed by atoms with E-state index in [9.17, 15) is 26.4 Å². The van der Waals surface area contributed by atoms with Gasteiger partial charge in [-0.15, -0.1) is 0 Å². The predicted molar refractivity (Wildman–Crippen MR) is 122 cm³/mol. The molecule has 2 heterocycles. The van der Waals surface area contributed by atoms with E-state index in [2.05, 4.69) is 10.3 Å². The maximum Gasteiger partial charge on any atom is 0.417 e. The van der Waals surface area contributed by atoms with Crippen molar-refractivity contribution < 1.29 is 26.4 Å². The zero-order valence-electron chi connectivity index (χ0n) is 18.7. The van der Waals surface area contributed by atoms with E-state index in [0.717, 1.165) is 50.4 Å². The van der Waals surface area contributed by atoms with Crippen LogP contribution in [0, 0.1) is 11.8 Å². The van der Waals surface area contributed by atoms with E-state index in [4.69, 9.17) is 5.14 Å². The Balaban J connectivity index is 1.73. The van der Waals surface area contributed by atoms with E-state index >= 15 is 0 Å². The number of fused-ring (bicyclic) bond motifs is 2. The Morgan fingerprint density at radius 2 is 1.94 bits per heavy atom. The molecule has 4 rings (SSSR count). The Morgan fingerprint density at radius 3 is 2.62 bits per heavy atom. The summed E-state index contributed by atoms with van der Waals surface area (Å²) in [5.41, 5.74) is -1.13. The van der Waals surface area contributed by atoms with E-state index in [1.54, 1.807) is 0 Å². The minimum atomic E-state index is -4.67.